The van der Waals surface area contributed by atoms with Crippen LogP contribution in [0.3, 0.4) is 0 Å². The van der Waals surface area contributed by atoms with E-state index in [1.165, 1.54) is 5.01 Å². The number of hydrazine groups is 1. The van der Waals surface area contributed by atoms with Crippen molar-refractivity contribution in [2.24, 2.45) is 0 Å². The summed E-state index contributed by atoms with van der Waals surface area (Å²) >= 11 is 5.79. The molecule has 0 spiro atoms. The molecule has 1 saturated heterocycles. The number of aliphatic hydroxyl groups excluding tert-OH is 1. The van der Waals surface area contributed by atoms with Gasteiger partial charge in [0.15, 0.2) is 0 Å². The predicted molar refractivity (Wildman–Crippen MR) is 60.7 cm³/mol. The number of hydrogen-bond donors (Lipinski definition) is 2. The summed E-state index contributed by atoms with van der Waals surface area (Å²) in [6, 6.07) is 7.39. The number of rotatable bonds is 3. The lowest BCUT2D eigenvalue weighted by molar-refractivity contribution is -0.130. The average molecular weight is 241 g/mol. The van der Waals surface area contributed by atoms with E-state index in [2.05, 4.69) is 5.43 Å². The summed E-state index contributed by atoms with van der Waals surface area (Å²) in [6.07, 6.45) is 0.418. The fourth-order valence-corrected chi connectivity index (χ4v) is 1.89. The number of aliphatic hydroxyl groups is 1. The Kier molecular flexibility index (Phi) is 3.43. The van der Waals surface area contributed by atoms with Crippen LogP contribution in [0.15, 0.2) is 24.3 Å². The number of β-amino-alcohol motifs (C(OH)–C–C–N with tert-alkyl or cyclic N) is 1. The Morgan fingerprint density at radius 2 is 2.12 bits per heavy atom. The van der Waals surface area contributed by atoms with E-state index >= 15 is 0 Å². The van der Waals surface area contributed by atoms with Crippen LogP contribution in [0.4, 0.5) is 0 Å². The minimum Gasteiger partial charge on any atom is -0.394 e. The van der Waals surface area contributed by atoms with Gasteiger partial charge in [-0.25, -0.2) is 5.43 Å². The largest absolute Gasteiger partial charge is 0.394 e. The van der Waals surface area contributed by atoms with Crippen molar-refractivity contribution in [2.45, 2.75) is 12.5 Å². The molecular weight excluding hydrogens is 228 g/mol. The van der Waals surface area contributed by atoms with Crippen molar-refractivity contribution in [3.8, 4) is 0 Å². The van der Waals surface area contributed by atoms with Gasteiger partial charge < -0.3 is 5.11 Å². The first-order valence-corrected chi connectivity index (χ1v) is 5.51. The molecule has 2 N–H and O–H groups in total. The smallest absolute Gasteiger partial charge is 0.238 e. The quantitative estimate of drug-likeness (QED) is 0.832. The van der Waals surface area contributed by atoms with Gasteiger partial charge in [0.05, 0.1) is 19.2 Å². The Bertz CT molecular complexity index is 380. The van der Waals surface area contributed by atoms with Crippen LogP contribution < -0.4 is 5.43 Å². The van der Waals surface area contributed by atoms with E-state index in [4.69, 9.17) is 16.7 Å². The van der Waals surface area contributed by atoms with Gasteiger partial charge in [-0.1, -0.05) is 23.7 Å². The van der Waals surface area contributed by atoms with Gasteiger partial charge in [0.2, 0.25) is 5.91 Å². The third-order valence-corrected chi connectivity index (χ3v) is 2.84. The van der Waals surface area contributed by atoms with Crippen LogP contribution in [0.2, 0.25) is 5.02 Å². The summed E-state index contributed by atoms with van der Waals surface area (Å²) in [5.74, 6) is 0.00833. The number of benzene rings is 1. The molecule has 1 amide bonds. The highest BCUT2D eigenvalue weighted by molar-refractivity contribution is 6.30. The van der Waals surface area contributed by atoms with Crippen molar-refractivity contribution in [1.29, 1.82) is 0 Å². The molecule has 4 nitrogen and oxygen atoms in total. The van der Waals surface area contributed by atoms with E-state index in [-0.39, 0.29) is 18.6 Å². The normalized spacial score (nSPS) is 20.5. The highest BCUT2D eigenvalue weighted by Crippen LogP contribution is 2.24. The zero-order valence-electron chi connectivity index (χ0n) is 8.69. The van der Waals surface area contributed by atoms with Gasteiger partial charge in [-0.05, 0) is 17.7 Å². The number of carbonyl (C=O) groups excluding carboxylic acids is 1. The number of nitrogens with zero attached hydrogens (tertiary/aromatic N) is 1. The van der Waals surface area contributed by atoms with Gasteiger partial charge in [-0.3, -0.25) is 9.80 Å². The van der Waals surface area contributed by atoms with Crippen LogP contribution in [0, 0.1) is 0 Å². The SMILES string of the molecule is O=C1CC(c2ccc(Cl)cc2)NN1CCO. The Morgan fingerprint density at radius 1 is 1.44 bits per heavy atom. The van der Waals surface area contributed by atoms with Crippen molar-refractivity contribution in [3.63, 3.8) is 0 Å². The summed E-state index contributed by atoms with van der Waals surface area (Å²) in [5, 5.41) is 10.9. The molecule has 0 aliphatic carbocycles. The van der Waals surface area contributed by atoms with Gasteiger partial charge in [0.25, 0.3) is 0 Å². The monoisotopic (exact) mass is 240 g/mol. The minimum absolute atomic E-state index is 0.00833. The fraction of sp³-hybridized carbons (Fsp3) is 0.364. The zero-order valence-corrected chi connectivity index (χ0v) is 9.44. The summed E-state index contributed by atoms with van der Waals surface area (Å²) in [5.41, 5.74) is 4.08. The average Bonchev–Trinajstić information content (AvgIpc) is 2.62. The Hall–Kier alpha value is -1.10. The van der Waals surface area contributed by atoms with Crippen LogP contribution in [-0.4, -0.2) is 29.2 Å². The maximum atomic E-state index is 11.5. The molecule has 1 aliphatic rings. The topological polar surface area (TPSA) is 52.6 Å². The molecule has 0 saturated carbocycles. The second-order valence-corrected chi connectivity index (χ2v) is 4.14. The second kappa shape index (κ2) is 4.82. The van der Waals surface area contributed by atoms with Gasteiger partial charge >= 0.3 is 0 Å². The molecule has 0 aromatic heterocycles. The van der Waals surface area contributed by atoms with Crippen molar-refractivity contribution < 1.29 is 9.90 Å². The molecule has 1 aromatic carbocycles. The molecule has 2 rings (SSSR count). The molecule has 0 bridgehead atoms. The maximum absolute atomic E-state index is 11.5. The van der Waals surface area contributed by atoms with Gasteiger partial charge in [-0.15, -0.1) is 0 Å². The van der Waals surface area contributed by atoms with E-state index in [0.29, 0.717) is 18.0 Å². The van der Waals surface area contributed by atoms with Crippen molar-refractivity contribution in [1.82, 2.24) is 10.4 Å². The lowest BCUT2D eigenvalue weighted by atomic mass is 10.1. The van der Waals surface area contributed by atoms with E-state index in [0.717, 1.165) is 5.56 Å². The van der Waals surface area contributed by atoms with E-state index in [1.54, 1.807) is 12.1 Å². The Balaban J connectivity index is 2.07. The standard InChI is InChI=1S/C11H13ClN2O2/c12-9-3-1-8(2-4-9)10-7-11(16)14(13-10)5-6-15/h1-4,10,13,15H,5-7H2. The molecular formula is C11H13ClN2O2. The zero-order chi connectivity index (χ0) is 11.5. The number of amides is 1. The molecule has 1 heterocycles. The molecule has 1 aliphatic heterocycles. The van der Waals surface area contributed by atoms with E-state index in [9.17, 15) is 4.79 Å². The number of hydrogen-bond acceptors (Lipinski definition) is 3. The number of nitrogens with one attached hydrogen (secondary N) is 1. The molecule has 86 valence electrons. The first-order chi connectivity index (χ1) is 7.70. The number of halogens is 1. The van der Waals surface area contributed by atoms with Gasteiger partial charge in [0, 0.05) is 11.4 Å². The van der Waals surface area contributed by atoms with Gasteiger partial charge in [-0.2, -0.15) is 0 Å². The number of carbonyl (C=O) groups is 1. The van der Waals surface area contributed by atoms with Crippen molar-refractivity contribution >= 4 is 17.5 Å². The molecule has 1 fully saturated rings. The third kappa shape index (κ3) is 2.35. The van der Waals surface area contributed by atoms with E-state index in [1.807, 2.05) is 12.1 Å². The summed E-state index contributed by atoms with van der Waals surface area (Å²) in [6.45, 7) is 0.287. The maximum Gasteiger partial charge on any atom is 0.238 e. The van der Waals surface area contributed by atoms with Crippen LogP contribution in [-0.2, 0) is 4.79 Å². The van der Waals surface area contributed by atoms with Gasteiger partial charge in [0.1, 0.15) is 0 Å². The third-order valence-electron chi connectivity index (χ3n) is 2.59. The fourth-order valence-electron chi connectivity index (χ4n) is 1.77. The highest BCUT2D eigenvalue weighted by atomic mass is 35.5. The molecule has 16 heavy (non-hydrogen) atoms. The molecule has 1 atom stereocenters. The lowest BCUT2D eigenvalue weighted by Crippen LogP contribution is -2.37. The molecule has 5 heteroatoms. The summed E-state index contributed by atoms with van der Waals surface area (Å²) in [4.78, 5) is 11.5. The predicted octanol–water partition coefficient (Wildman–Crippen LogP) is 1.11. The van der Waals surface area contributed by atoms with E-state index < -0.39 is 0 Å². The lowest BCUT2D eigenvalue weighted by Gasteiger charge is -2.16. The minimum atomic E-state index is -0.0356. The molecule has 0 radical (unpaired) electrons. The van der Waals surface area contributed by atoms with Crippen molar-refractivity contribution in [2.75, 3.05) is 13.2 Å². The van der Waals surface area contributed by atoms with Crippen LogP contribution in [0.25, 0.3) is 0 Å². The van der Waals surface area contributed by atoms with Crippen LogP contribution in [0.1, 0.15) is 18.0 Å². The summed E-state index contributed by atoms with van der Waals surface area (Å²) in [7, 11) is 0. The first-order valence-electron chi connectivity index (χ1n) is 5.13. The Labute approximate surface area is 98.8 Å². The molecule has 1 aromatic rings. The van der Waals surface area contributed by atoms with Crippen molar-refractivity contribution in [3.05, 3.63) is 34.9 Å². The summed E-state index contributed by atoms with van der Waals surface area (Å²) < 4.78 is 0. The molecule has 1 unspecified atom stereocenters. The highest BCUT2D eigenvalue weighted by Gasteiger charge is 2.29. The second-order valence-electron chi connectivity index (χ2n) is 3.71. The Morgan fingerprint density at radius 3 is 2.75 bits per heavy atom. The van der Waals surface area contributed by atoms with Crippen LogP contribution in [0.5, 0.6) is 0 Å². The van der Waals surface area contributed by atoms with Crippen LogP contribution >= 0.6 is 11.6 Å². The first kappa shape index (κ1) is 11.4.